The molecule has 4 nitrogen and oxygen atoms in total. The second-order valence-corrected chi connectivity index (χ2v) is 3.78. The van der Waals surface area contributed by atoms with Crippen LogP contribution in [0.25, 0.3) is 0 Å². The Labute approximate surface area is 95.2 Å². The van der Waals surface area contributed by atoms with Crippen molar-refractivity contribution >= 4 is 17.6 Å². The van der Waals surface area contributed by atoms with Gasteiger partial charge in [0.05, 0.1) is 25.2 Å². The molecule has 0 aromatic carbocycles. The summed E-state index contributed by atoms with van der Waals surface area (Å²) in [6, 6.07) is 0. The van der Waals surface area contributed by atoms with Crippen molar-refractivity contribution in [3.8, 4) is 0 Å². The summed E-state index contributed by atoms with van der Waals surface area (Å²) in [5, 5.41) is 18.5. The van der Waals surface area contributed by atoms with Crippen LogP contribution in [0.2, 0.25) is 0 Å². The molecule has 0 fully saturated rings. The third-order valence-electron chi connectivity index (χ3n) is 1.89. The van der Waals surface area contributed by atoms with Gasteiger partial charge in [-0.05, 0) is 6.42 Å². The number of unbranched alkanes of at least 4 members (excludes halogenated alkanes) is 1. The predicted molar refractivity (Wildman–Crippen MR) is 57.8 cm³/mol. The van der Waals surface area contributed by atoms with Crippen LogP contribution in [0, 0.1) is 0 Å². The summed E-state index contributed by atoms with van der Waals surface area (Å²) in [5.74, 6) is -0.375. The summed E-state index contributed by atoms with van der Waals surface area (Å²) < 4.78 is 4.85. The highest BCUT2D eigenvalue weighted by atomic mass is 35.5. The number of carbonyl (C=O) groups is 1. The molecule has 0 rings (SSSR count). The molecule has 2 atom stereocenters. The van der Waals surface area contributed by atoms with Crippen molar-refractivity contribution in [2.75, 3.05) is 12.5 Å². The second kappa shape index (κ2) is 8.95. The zero-order valence-corrected chi connectivity index (χ0v) is 9.74. The second-order valence-electron chi connectivity index (χ2n) is 3.48. The molecular weight excluding hydrogens is 220 g/mol. The number of hydrogen-bond acceptors (Lipinski definition) is 4. The highest BCUT2D eigenvalue weighted by Crippen LogP contribution is 2.05. The number of rotatable bonds is 8. The van der Waals surface area contributed by atoms with Gasteiger partial charge in [-0.3, -0.25) is 4.79 Å². The van der Waals surface area contributed by atoms with Crippen molar-refractivity contribution in [3.05, 3.63) is 0 Å². The molecule has 15 heavy (non-hydrogen) atoms. The van der Waals surface area contributed by atoms with Crippen LogP contribution in [0.5, 0.6) is 0 Å². The zero-order valence-electron chi connectivity index (χ0n) is 8.99. The predicted octanol–water partition coefficient (Wildman–Crippen LogP) is 1.07. The monoisotopic (exact) mass is 238 g/mol. The summed E-state index contributed by atoms with van der Waals surface area (Å²) >= 11 is 5.36. The van der Waals surface area contributed by atoms with E-state index in [4.69, 9.17) is 21.4 Å². The maximum Gasteiger partial charge on any atom is 0.308 e. The van der Waals surface area contributed by atoms with Crippen LogP contribution in [0.1, 0.15) is 32.6 Å². The van der Waals surface area contributed by atoms with E-state index in [0.717, 1.165) is 12.8 Å². The van der Waals surface area contributed by atoms with E-state index in [0.29, 0.717) is 6.61 Å². The van der Waals surface area contributed by atoms with E-state index < -0.39 is 18.2 Å². The Morgan fingerprint density at radius 3 is 2.60 bits per heavy atom. The van der Waals surface area contributed by atoms with E-state index in [1.54, 1.807) is 0 Å². The SMILES string of the molecule is CCCCOC(=O)CC(O)CC(O)CCl. The van der Waals surface area contributed by atoms with Gasteiger partial charge in [0.1, 0.15) is 0 Å². The van der Waals surface area contributed by atoms with Crippen LogP contribution in [0.15, 0.2) is 0 Å². The van der Waals surface area contributed by atoms with E-state index >= 15 is 0 Å². The molecule has 0 saturated heterocycles. The van der Waals surface area contributed by atoms with E-state index in [1.165, 1.54) is 0 Å². The molecule has 0 aliphatic carbocycles. The maximum absolute atomic E-state index is 11.1. The minimum atomic E-state index is -0.882. The van der Waals surface area contributed by atoms with E-state index in [2.05, 4.69) is 0 Å². The molecule has 5 heteroatoms. The van der Waals surface area contributed by atoms with E-state index in [9.17, 15) is 9.90 Å². The molecule has 0 spiro atoms. The van der Waals surface area contributed by atoms with Crippen molar-refractivity contribution in [2.45, 2.75) is 44.8 Å². The average molecular weight is 239 g/mol. The van der Waals surface area contributed by atoms with Gasteiger partial charge in [0.2, 0.25) is 0 Å². The lowest BCUT2D eigenvalue weighted by molar-refractivity contribution is -0.146. The van der Waals surface area contributed by atoms with Crippen LogP contribution in [0.3, 0.4) is 0 Å². The standard InChI is InChI=1S/C10H19ClO4/c1-2-3-4-15-10(14)6-8(12)5-9(13)7-11/h8-9,12-13H,2-7H2,1H3. The fourth-order valence-corrected chi connectivity index (χ4v) is 1.17. The van der Waals surface area contributed by atoms with Gasteiger partial charge < -0.3 is 14.9 Å². The largest absolute Gasteiger partial charge is 0.466 e. The van der Waals surface area contributed by atoms with Gasteiger partial charge >= 0.3 is 5.97 Å². The topological polar surface area (TPSA) is 66.8 Å². The molecule has 0 heterocycles. The van der Waals surface area contributed by atoms with Gasteiger partial charge in [-0.1, -0.05) is 13.3 Å². The van der Waals surface area contributed by atoms with Gasteiger partial charge in [0.25, 0.3) is 0 Å². The third kappa shape index (κ3) is 8.66. The Morgan fingerprint density at radius 1 is 1.40 bits per heavy atom. The molecule has 2 unspecified atom stereocenters. The van der Waals surface area contributed by atoms with Crippen LogP contribution < -0.4 is 0 Å². The lowest BCUT2D eigenvalue weighted by Crippen LogP contribution is -2.22. The Morgan fingerprint density at radius 2 is 2.07 bits per heavy atom. The van der Waals surface area contributed by atoms with Crippen LogP contribution in [-0.4, -0.2) is 40.9 Å². The van der Waals surface area contributed by atoms with Crippen molar-refractivity contribution < 1.29 is 19.7 Å². The third-order valence-corrected chi connectivity index (χ3v) is 2.24. The normalized spacial score (nSPS) is 14.7. The molecule has 0 saturated carbocycles. The van der Waals surface area contributed by atoms with Crippen LogP contribution >= 0.6 is 11.6 Å². The van der Waals surface area contributed by atoms with Gasteiger partial charge in [-0.25, -0.2) is 0 Å². The lowest BCUT2D eigenvalue weighted by atomic mass is 10.1. The van der Waals surface area contributed by atoms with Gasteiger partial charge in [0.15, 0.2) is 0 Å². The van der Waals surface area contributed by atoms with Crippen molar-refractivity contribution in [3.63, 3.8) is 0 Å². The fourth-order valence-electron chi connectivity index (χ4n) is 1.04. The molecular formula is C10H19ClO4. The average Bonchev–Trinajstić information content (AvgIpc) is 2.17. The van der Waals surface area contributed by atoms with Crippen molar-refractivity contribution in [1.29, 1.82) is 0 Å². The highest BCUT2D eigenvalue weighted by Gasteiger charge is 2.15. The molecule has 0 amide bonds. The Hall–Kier alpha value is -0.320. The van der Waals surface area contributed by atoms with E-state index in [-0.39, 0.29) is 18.7 Å². The molecule has 0 bridgehead atoms. The minimum Gasteiger partial charge on any atom is -0.466 e. The Balaban J connectivity index is 3.57. The Bertz CT molecular complexity index is 175. The number of hydrogen-bond donors (Lipinski definition) is 2. The quantitative estimate of drug-likeness (QED) is 0.377. The number of carbonyl (C=O) groups excluding carboxylic acids is 1. The number of aliphatic hydroxyl groups excluding tert-OH is 2. The first kappa shape index (κ1) is 14.7. The molecule has 90 valence electrons. The van der Waals surface area contributed by atoms with Gasteiger partial charge in [-0.2, -0.15) is 0 Å². The smallest absolute Gasteiger partial charge is 0.308 e. The van der Waals surface area contributed by atoms with Gasteiger partial charge in [-0.15, -0.1) is 11.6 Å². The first-order valence-electron chi connectivity index (χ1n) is 5.17. The molecule has 2 N–H and O–H groups in total. The van der Waals surface area contributed by atoms with Crippen LogP contribution in [0.4, 0.5) is 0 Å². The first-order valence-corrected chi connectivity index (χ1v) is 5.71. The van der Waals surface area contributed by atoms with E-state index in [1.807, 2.05) is 6.92 Å². The molecule has 0 aromatic rings. The summed E-state index contributed by atoms with van der Waals surface area (Å²) in [5.41, 5.74) is 0. The number of alkyl halides is 1. The summed E-state index contributed by atoms with van der Waals surface area (Å²) in [7, 11) is 0. The number of ether oxygens (including phenoxy) is 1. The number of esters is 1. The van der Waals surface area contributed by atoms with Crippen LogP contribution in [-0.2, 0) is 9.53 Å². The fraction of sp³-hybridized carbons (Fsp3) is 0.900. The summed E-state index contributed by atoms with van der Waals surface area (Å²) in [4.78, 5) is 11.1. The van der Waals surface area contributed by atoms with Gasteiger partial charge in [0, 0.05) is 12.3 Å². The van der Waals surface area contributed by atoms with Crippen molar-refractivity contribution in [1.82, 2.24) is 0 Å². The molecule has 0 aromatic heterocycles. The summed E-state index contributed by atoms with van der Waals surface area (Å²) in [6.45, 7) is 2.39. The zero-order chi connectivity index (χ0) is 11.7. The molecule has 0 radical (unpaired) electrons. The summed E-state index contributed by atoms with van der Waals surface area (Å²) in [6.07, 6.45) is 0.148. The first-order chi connectivity index (χ1) is 7.10. The number of halogens is 1. The maximum atomic E-state index is 11.1. The number of aliphatic hydroxyl groups is 2. The lowest BCUT2D eigenvalue weighted by Gasteiger charge is -2.12. The molecule has 0 aliphatic heterocycles. The molecule has 0 aliphatic rings. The minimum absolute atomic E-state index is 0.0575. The highest BCUT2D eigenvalue weighted by molar-refractivity contribution is 6.18. The Kier molecular flexibility index (Phi) is 8.76. The van der Waals surface area contributed by atoms with Crippen molar-refractivity contribution in [2.24, 2.45) is 0 Å².